The van der Waals surface area contributed by atoms with Gasteiger partial charge >= 0.3 is 0 Å². The molecule has 26 heavy (non-hydrogen) atoms. The Balaban J connectivity index is 1.83. The smallest absolute Gasteiger partial charge is 0.232 e. The number of ether oxygens (including phenoxy) is 1. The molecule has 134 valence electrons. The number of hydrogen-bond acceptors (Lipinski definition) is 5. The highest BCUT2D eigenvalue weighted by Gasteiger charge is 2.21. The Morgan fingerprint density at radius 1 is 1.19 bits per heavy atom. The van der Waals surface area contributed by atoms with Gasteiger partial charge in [-0.1, -0.05) is 18.2 Å². The number of hydrogen-bond donors (Lipinski definition) is 1. The van der Waals surface area contributed by atoms with Crippen LogP contribution >= 0.6 is 0 Å². The lowest BCUT2D eigenvalue weighted by Crippen LogP contribution is -2.24. The number of nitrogens with one attached hydrogen (secondary N) is 1. The molecule has 0 radical (unpaired) electrons. The van der Waals surface area contributed by atoms with Crippen LogP contribution < -0.4 is 15.2 Å². The zero-order chi connectivity index (χ0) is 18.5. The van der Waals surface area contributed by atoms with Gasteiger partial charge in [0.2, 0.25) is 5.91 Å². The Bertz CT molecular complexity index is 893. The molecule has 1 heterocycles. The average molecular weight is 350 g/mol. The van der Waals surface area contributed by atoms with E-state index in [-0.39, 0.29) is 5.91 Å². The van der Waals surface area contributed by atoms with Crippen molar-refractivity contribution in [1.29, 1.82) is 0 Å². The van der Waals surface area contributed by atoms with Crippen LogP contribution in [0.1, 0.15) is 28.4 Å². The fraction of sp³-hybridized carbons (Fsp3) is 0.263. The van der Waals surface area contributed by atoms with Crippen LogP contribution in [0.5, 0.6) is 5.75 Å². The molecule has 0 aliphatic heterocycles. The average Bonchev–Trinajstić information content (AvgIpc) is 3.17. The number of anilines is 1. The number of methoxy groups -OCH3 is 1. The summed E-state index contributed by atoms with van der Waals surface area (Å²) in [5, 5.41) is 17.7. The quantitative estimate of drug-likeness (QED) is 0.734. The number of aryl methyl sites for hydroxylation is 2. The van der Waals surface area contributed by atoms with E-state index in [4.69, 9.17) is 4.74 Å². The second-order valence-electron chi connectivity index (χ2n) is 6.13. The third kappa shape index (κ3) is 4.05. The van der Waals surface area contributed by atoms with Gasteiger partial charge in [-0.2, -0.15) is 5.21 Å². The van der Waals surface area contributed by atoms with Crippen LogP contribution in [-0.4, -0.2) is 28.5 Å². The molecule has 1 N–H and O–H groups in total. The van der Waals surface area contributed by atoms with Gasteiger partial charge in [-0.25, -0.2) is 0 Å². The molecule has 0 bridgehead atoms. The zero-order valence-corrected chi connectivity index (χ0v) is 14.9. The molecule has 0 aliphatic carbocycles. The Labute approximate surface area is 151 Å². The van der Waals surface area contributed by atoms with E-state index in [0.29, 0.717) is 12.2 Å². The molecule has 1 amide bonds. The Morgan fingerprint density at radius 3 is 2.73 bits per heavy atom. The van der Waals surface area contributed by atoms with E-state index < -0.39 is 5.92 Å². The third-order valence-corrected chi connectivity index (χ3v) is 4.31. The molecule has 2 aromatic carbocycles. The predicted octanol–water partition coefficient (Wildman–Crippen LogP) is 2.42. The molecule has 0 unspecified atom stereocenters. The molecule has 0 spiro atoms. The highest BCUT2D eigenvalue weighted by Crippen LogP contribution is 2.23. The molecule has 0 fully saturated rings. The maximum Gasteiger partial charge on any atom is 0.232 e. The van der Waals surface area contributed by atoms with Gasteiger partial charge < -0.3 is 15.2 Å². The van der Waals surface area contributed by atoms with Gasteiger partial charge in [-0.3, -0.25) is 15.1 Å². The summed E-state index contributed by atoms with van der Waals surface area (Å²) < 4.78 is 5.25. The van der Waals surface area contributed by atoms with Crippen molar-refractivity contribution < 1.29 is 9.53 Å². The summed E-state index contributed by atoms with van der Waals surface area (Å²) in [6.45, 7) is 4.04. The maximum atomic E-state index is 12.9. The summed E-state index contributed by atoms with van der Waals surface area (Å²) in [5.41, 5.74) is 3.96. The lowest BCUT2D eigenvalue weighted by atomic mass is 9.97. The fourth-order valence-electron chi connectivity index (χ4n) is 2.68. The molecule has 7 nitrogen and oxygen atoms in total. The van der Waals surface area contributed by atoms with Crippen LogP contribution in [0.2, 0.25) is 0 Å². The predicted molar refractivity (Wildman–Crippen MR) is 97.1 cm³/mol. The van der Waals surface area contributed by atoms with Crippen molar-refractivity contribution in [2.75, 3.05) is 12.4 Å². The lowest BCUT2D eigenvalue weighted by molar-refractivity contribution is -0.117. The van der Waals surface area contributed by atoms with Crippen molar-refractivity contribution in [1.82, 2.24) is 20.6 Å². The monoisotopic (exact) mass is 350 g/mol. The maximum absolute atomic E-state index is 12.9. The SMILES string of the molecule is COc1cccc(C[C@H](C(=O)Nc2ccc(C)c(C)c2)c2nnn[n-]2)c1. The van der Waals surface area contributed by atoms with Crippen LogP contribution in [0.4, 0.5) is 5.69 Å². The van der Waals surface area contributed by atoms with Crippen LogP contribution in [0.15, 0.2) is 42.5 Å². The Morgan fingerprint density at radius 2 is 2.04 bits per heavy atom. The van der Waals surface area contributed by atoms with E-state index in [2.05, 4.69) is 25.9 Å². The molecule has 1 atom stereocenters. The minimum atomic E-state index is -0.598. The van der Waals surface area contributed by atoms with Crippen molar-refractivity contribution >= 4 is 11.6 Å². The second kappa shape index (κ2) is 7.77. The number of nitrogens with zero attached hydrogens (tertiary/aromatic N) is 4. The lowest BCUT2D eigenvalue weighted by Gasteiger charge is -2.18. The number of rotatable bonds is 6. The first kappa shape index (κ1) is 17.6. The normalized spacial score (nSPS) is 11.8. The molecule has 0 aliphatic rings. The van der Waals surface area contributed by atoms with Gasteiger partial charge in [0.1, 0.15) is 5.75 Å². The van der Waals surface area contributed by atoms with Crippen molar-refractivity contribution in [3.8, 4) is 5.75 Å². The second-order valence-corrected chi connectivity index (χ2v) is 6.13. The summed E-state index contributed by atoms with van der Waals surface area (Å²) >= 11 is 0. The molecule has 0 saturated heterocycles. The molecule has 0 saturated carbocycles. The van der Waals surface area contributed by atoms with Crippen LogP contribution in [0.3, 0.4) is 0 Å². The number of aromatic nitrogens is 4. The van der Waals surface area contributed by atoms with Gasteiger partial charge in [0.05, 0.1) is 13.0 Å². The molecule has 3 aromatic rings. The van der Waals surface area contributed by atoms with Crippen LogP contribution in [0.25, 0.3) is 0 Å². The van der Waals surface area contributed by atoms with Crippen LogP contribution in [-0.2, 0) is 11.2 Å². The van der Waals surface area contributed by atoms with Crippen molar-refractivity contribution in [2.24, 2.45) is 0 Å². The fourth-order valence-corrected chi connectivity index (χ4v) is 2.68. The number of amides is 1. The van der Waals surface area contributed by atoms with E-state index >= 15 is 0 Å². The van der Waals surface area contributed by atoms with Crippen molar-refractivity contribution in [3.05, 3.63) is 65.0 Å². The van der Waals surface area contributed by atoms with Crippen LogP contribution in [0, 0.1) is 13.8 Å². The van der Waals surface area contributed by atoms with E-state index in [1.165, 1.54) is 5.56 Å². The van der Waals surface area contributed by atoms with Crippen molar-refractivity contribution in [3.63, 3.8) is 0 Å². The number of tetrazole rings is 1. The number of benzene rings is 2. The van der Waals surface area contributed by atoms with E-state index in [1.807, 2.05) is 56.3 Å². The minimum Gasteiger partial charge on any atom is -0.497 e. The zero-order valence-electron chi connectivity index (χ0n) is 14.9. The topological polar surface area (TPSA) is 91.1 Å². The third-order valence-electron chi connectivity index (χ3n) is 4.31. The molecular formula is C19H20N5O2-. The Kier molecular flexibility index (Phi) is 5.26. The summed E-state index contributed by atoms with van der Waals surface area (Å²) in [4.78, 5) is 12.9. The summed E-state index contributed by atoms with van der Waals surface area (Å²) in [6.07, 6.45) is 0.418. The first-order valence-electron chi connectivity index (χ1n) is 8.26. The number of carbonyl (C=O) groups excluding carboxylic acids is 1. The minimum absolute atomic E-state index is 0.203. The first-order chi connectivity index (χ1) is 12.6. The molecule has 7 heteroatoms. The standard InChI is InChI=1S/C19H21N5O2/c1-12-7-8-15(9-13(12)2)20-19(25)17(18-21-23-24-22-18)11-14-5-4-6-16(10-14)26-3/h4-10,17H,11H2,1-3H3,(H2,20,21,22,23,24,25)/p-1/t17-/m0/s1. The van der Waals surface area contributed by atoms with Gasteiger partial charge in [0.25, 0.3) is 0 Å². The molecular weight excluding hydrogens is 330 g/mol. The van der Waals surface area contributed by atoms with E-state index in [1.54, 1.807) is 7.11 Å². The molecule has 3 rings (SSSR count). The van der Waals surface area contributed by atoms with E-state index in [9.17, 15) is 4.79 Å². The van der Waals surface area contributed by atoms with Gasteiger partial charge in [0.15, 0.2) is 0 Å². The number of carbonyl (C=O) groups is 1. The largest absolute Gasteiger partial charge is 0.497 e. The highest BCUT2D eigenvalue weighted by molar-refractivity contribution is 5.95. The van der Waals surface area contributed by atoms with E-state index in [0.717, 1.165) is 22.6 Å². The van der Waals surface area contributed by atoms with Gasteiger partial charge in [0, 0.05) is 11.5 Å². The van der Waals surface area contributed by atoms with Gasteiger partial charge in [-0.15, -0.1) is 0 Å². The summed E-state index contributed by atoms with van der Waals surface area (Å²) in [6, 6.07) is 13.4. The summed E-state index contributed by atoms with van der Waals surface area (Å²) in [5.74, 6) is 0.231. The first-order valence-corrected chi connectivity index (χ1v) is 8.26. The molecule has 1 aromatic heterocycles. The Hall–Kier alpha value is -3.22. The highest BCUT2D eigenvalue weighted by atomic mass is 16.5. The van der Waals surface area contributed by atoms with Crippen molar-refractivity contribution in [2.45, 2.75) is 26.2 Å². The summed E-state index contributed by atoms with van der Waals surface area (Å²) in [7, 11) is 1.61. The van der Waals surface area contributed by atoms with Gasteiger partial charge in [-0.05, 0) is 61.2 Å².